The van der Waals surface area contributed by atoms with E-state index >= 15 is 0 Å². The summed E-state index contributed by atoms with van der Waals surface area (Å²) in [6, 6.07) is 0. The molecule has 2 saturated heterocycles. The van der Waals surface area contributed by atoms with Crippen molar-refractivity contribution in [3.8, 4) is 0 Å². The highest BCUT2D eigenvalue weighted by Crippen LogP contribution is 2.53. The van der Waals surface area contributed by atoms with Crippen LogP contribution >= 0.6 is 0 Å². The summed E-state index contributed by atoms with van der Waals surface area (Å²) in [6.45, 7) is 17.5. The molecule has 3 fully saturated rings. The average molecular weight is 433 g/mol. The zero-order chi connectivity index (χ0) is 23.1. The van der Waals surface area contributed by atoms with E-state index in [1.54, 1.807) is 26.0 Å². The lowest BCUT2D eigenvalue weighted by atomic mass is 9.75. The number of carbonyl (C=O) groups is 2. The first-order chi connectivity index (χ1) is 14.4. The summed E-state index contributed by atoms with van der Waals surface area (Å²) < 4.78 is 23.4. The van der Waals surface area contributed by atoms with Gasteiger partial charge in [0.25, 0.3) is 0 Å². The van der Waals surface area contributed by atoms with Gasteiger partial charge < -0.3 is 18.9 Å². The molecule has 6 nitrogen and oxygen atoms in total. The first-order valence-corrected chi connectivity index (χ1v) is 11.1. The molecule has 0 radical (unpaired) electrons. The van der Waals surface area contributed by atoms with E-state index in [4.69, 9.17) is 18.9 Å². The van der Waals surface area contributed by atoms with Crippen molar-refractivity contribution >= 4 is 11.9 Å². The van der Waals surface area contributed by atoms with Gasteiger partial charge in [0, 0.05) is 17.6 Å². The third kappa shape index (κ3) is 4.96. The maximum Gasteiger partial charge on any atom is 0.333 e. The summed E-state index contributed by atoms with van der Waals surface area (Å²) >= 11 is 0. The molecule has 0 aromatic heterocycles. The molecule has 1 saturated carbocycles. The number of esters is 2. The number of fused-ring (bicyclic) bond motifs is 1. The molecule has 31 heavy (non-hydrogen) atoms. The quantitative estimate of drug-likeness (QED) is 0.244. The highest BCUT2D eigenvalue weighted by atomic mass is 16.6. The number of ether oxygens (including phenoxy) is 4. The normalized spacial score (nSPS) is 34.9. The molecule has 6 atom stereocenters. The lowest BCUT2D eigenvalue weighted by Crippen LogP contribution is -2.42. The van der Waals surface area contributed by atoms with Crippen LogP contribution in [-0.2, 0) is 28.5 Å². The first kappa shape index (κ1) is 23.7. The van der Waals surface area contributed by atoms with Crippen LogP contribution in [0.15, 0.2) is 35.5 Å². The molecule has 3 unspecified atom stereocenters. The summed E-state index contributed by atoms with van der Waals surface area (Å²) in [5, 5.41) is 0. The van der Waals surface area contributed by atoms with Crippen LogP contribution in [0.4, 0.5) is 0 Å². The van der Waals surface area contributed by atoms with Crippen LogP contribution in [0.1, 0.15) is 67.7 Å². The van der Waals surface area contributed by atoms with Crippen molar-refractivity contribution in [2.24, 2.45) is 5.92 Å². The smallest absolute Gasteiger partial charge is 0.333 e. The highest BCUT2D eigenvalue weighted by molar-refractivity contribution is 5.88. The molecule has 2 heterocycles. The van der Waals surface area contributed by atoms with E-state index in [9.17, 15) is 9.59 Å². The third-order valence-corrected chi connectivity index (χ3v) is 7.15. The zero-order valence-corrected chi connectivity index (χ0v) is 19.8. The van der Waals surface area contributed by atoms with E-state index in [2.05, 4.69) is 6.58 Å². The van der Waals surface area contributed by atoms with Crippen molar-refractivity contribution < 1.29 is 28.5 Å². The molecule has 3 rings (SSSR count). The van der Waals surface area contributed by atoms with Crippen LogP contribution in [-0.4, -0.2) is 47.6 Å². The lowest BCUT2D eigenvalue weighted by Gasteiger charge is -2.34. The maximum atomic E-state index is 12.5. The second kappa shape index (κ2) is 8.55. The number of allylic oxidation sites excluding steroid dienone is 2. The Kier molecular flexibility index (Phi) is 6.55. The Hall–Kier alpha value is -1.92. The molecule has 0 N–H and O–H groups in total. The first-order valence-electron chi connectivity index (χ1n) is 11.1. The van der Waals surface area contributed by atoms with E-state index < -0.39 is 11.7 Å². The minimum Gasteiger partial charge on any atom is -0.456 e. The van der Waals surface area contributed by atoms with Crippen molar-refractivity contribution in [2.75, 3.05) is 0 Å². The van der Waals surface area contributed by atoms with Gasteiger partial charge in [0.15, 0.2) is 0 Å². The molecular formula is C25H36O6. The summed E-state index contributed by atoms with van der Waals surface area (Å²) in [7, 11) is 0. The number of rotatable bonds is 8. The predicted molar refractivity (Wildman–Crippen MR) is 117 cm³/mol. The Morgan fingerprint density at radius 3 is 2.19 bits per heavy atom. The minimum absolute atomic E-state index is 0.00829. The number of epoxide rings is 2. The van der Waals surface area contributed by atoms with E-state index in [0.717, 1.165) is 12.0 Å². The van der Waals surface area contributed by atoms with E-state index in [-0.39, 0.29) is 41.8 Å². The fraction of sp³-hybridized carbons (Fsp3) is 0.680. The van der Waals surface area contributed by atoms with Crippen LogP contribution in [0.5, 0.6) is 0 Å². The molecule has 0 bridgehead atoms. The fourth-order valence-corrected chi connectivity index (χ4v) is 4.23. The van der Waals surface area contributed by atoms with Crippen molar-refractivity contribution in [1.29, 1.82) is 0 Å². The highest BCUT2D eigenvalue weighted by Gasteiger charge is 2.63. The largest absolute Gasteiger partial charge is 0.456 e. The van der Waals surface area contributed by atoms with Crippen molar-refractivity contribution in [3.05, 3.63) is 35.5 Å². The Balaban J connectivity index is 1.73. The van der Waals surface area contributed by atoms with Gasteiger partial charge in [-0.3, -0.25) is 0 Å². The van der Waals surface area contributed by atoms with Crippen LogP contribution in [0.25, 0.3) is 0 Å². The van der Waals surface area contributed by atoms with E-state index in [1.165, 1.54) is 0 Å². The number of hydrogen-bond acceptors (Lipinski definition) is 6. The Bertz CT molecular complexity index is 822. The summed E-state index contributed by atoms with van der Waals surface area (Å²) in [4.78, 5) is 24.9. The Morgan fingerprint density at radius 2 is 1.65 bits per heavy atom. The Labute approximate surface area is 185 Å². The van der Waals surface area contributed by atoms with Gasteiger partial charge in [-0.05, 0) is 72.8 Å². The van der Waals surface area contributed by atoms with Gasteiger partial charge in [0.05, 0.1) is 17.8 Å². The van der Waals surface area contributed by atoms with Gasteiger partial charge in [-0.2, -0.15) is 0 Å². The molecule has 3 aliphatic rings. The van der Waals surface area contributed by atoms with Gasteiger partial charge in [0.2, 0.25) is 0 Å². The van der Waals surface area contributed by atoms with Crippen molar-refractivity contribution in [1.82, 2.24) is 0 Å². The van der Waals surface area contributed by atoms with Crippen LogP contribution < -0.4 is 0 Å². The van der Waals surface area contributed by atoms with E-state index in [0.29, 0.717) is 24.0 Å². The monoisotopic (exact) mass is 432 g/mol. The molecule has 172 valence electrons. The lowest BCUT2D eigenvalue weighted by molar-refractivity contribution is -0.149. The molecule has 1 aliphatic carbocycles. The Morgan fingerprint density at radius 1 is 1.06 bits per heavy atom. The van der Waals surface area contributed by atoms with Gasteiger partial charge in [-0.1, -0.05) is 18.7 Å². The third-order valence-electron chi connectivity index (χ3n) is 7.15. The standard InChI is InChI=1S/C25H36O6/c1-9-14(3)22(26)28-18(13-19-24(6,7)30-19)16(5)17-11-20(25(8)21(12-17)31-25)29-23(27)15(4)10-2/h9-10,17-21H,5,11-13H2,1-4,6-8H3/b14-9-,15-10-/t17-,18?,19?,20+,21?,25+/m0/s1. The van der Waals surface area contributed by atoms with Gasteiger partial charge >= 0.3 is 11.9 Å². The van der Waals surface area contributed by atoms with Crippen molar-refractivity contribution in [2.45, 2.75) is 103 Å². The molecule has 0 amide bonds. The molecule has 0 spiro atoms. The minimum atomic E-state index is -0.462. The summed E-state index contributed by atoms with van der Waals surface area (Å²) in [5.74, 6) is -0.647. The summed E-state index contributed by atoms with van der Waals surface area (Å²) in [6.07, 6.45) is 4.62. The molecule has 2 aliphatic heterocycles. The van der Waals surface area contributed by atoms with Gasteiger partial charge in [-0.15, -0.1) is 0 Å². The van der Waals surface area contributed by atoms with Crippen molar-refractivity contribution in [3.63, 3.8) is 0 Å². The van der Waals surface area contributed by atoms with Crippen LogP contribution in [0.2, 0.25) is 0 Å². The second-order valence-electron chi connectivity index (χ2n) is 9.71. The maximum absolute atomic E-state index is 12.5. The van der Waals surface area contributed by atoms with Gasteiger partial charge in [-0.25, -0.2) is 9.59 Å². The molecule has 6 heteroatoms. The molecule has 0 aromatic rings. The fourth-order valence-electron chi connectivity index (χ4n) is 4.23. The average Bonchev–Trinajstić information content (AvgIpc) is 3.58. The van der Waals surface area contributed by atoms with Crippen LogP contribution in [0.3, 0.4) is 0 Å². The second-order valence-corrected chi connectivity index (χ2v) is 9.71. The predicted octanol–water partition coefficient (Wildman–Crippen LogP) is 4.43. The topological polar surface area (TPSA) is 77.7 Å². The summed E-state index contributed by atoms with van der Waals surface area (Å²) in [5.41, 5.74) is 1.31. The van der Waals surface area contributed by atoms with Crippen LogP contribution in [0, 0.1) is 5.92 Å². The SMILES string of the molecule is C=C(C(CC1OC1(C)C)OC(=O)/C(C)=C\C)[C@@H]1CC2O[C@]2(C)[C@H](OC(=O)/C(C)=C\C)C1. The number of carbonyl (C=O) groups excluding carboxylic acids is 2. The van der Waals surface area contributed by atoms with Gasteiger partial charge in [0.1, 0.15) is 17.8 Å². The molecule has 0 aromatic carbocycles. The zero-order valence-electron chi connectivity index (χ0n) is 19.8. The van der Waals surface area contributed by atoms with E-state index in [1.807, 2.05) is 34.6 Å². The molecular weight excluding hydrogens is 396 g/mol. The number of hydrogen-bond donors (Lipinski definition) is 0.